The highest BCUT2D eigenvalue weighted by atomic mass is 32.1. The van der Waals surface area contributed by atoms with E-state index in [1.54, 1.807) is 13.3 Å². The quantitative estimate of drug-likeness (QED) is 0.712. The van der Waals surface area contributed by atoms with Gasteiger partial charge in [0.1, 0.15) is 17.8 Å². The van der Waals surface area contributed by atoms with Crippen molar-refractivity contribution in [2.75, 3.05) is 13.1 Å². The Morgan fingerprint density at radius 1 is 1.50 bits per heavy atom. The molecule has 2 aromatic heterocycles. The fourth-order valence-corrected chi connectivity index (χ4v) is 2.80. The molecule has 2 rings (SSSR count). The number of carbonyl (C=O) groups excluding carboxylic acids is 1. The second-order valence-corrected chi connectivity index (χ2v) is 6.10. The fourth-order valence-electron chi connectivity index (χ4n) is 2.02. The summed E-state index contributed by atoms with van der Waals surface area (Å²) in [6.45, 7) is 4.94. The van der Waals surface area contributed by atoms with E-state index in [0.717, 1.165) is 17.1 Å². The molecule has 7 nitrogen and oxygen atoms in total. The monoisotopic (exact) mass is 323 g/mol. The number of rotatable bonds is 7. The van der Waals surface area contributed by atoms with Gasteiger partial charge in [0.05, 0.1) is 6.54 Å². The van der Waals surface area contributed by atoms with E-state index in [1.807, 2.05) is 29.0 Å². The summed E-state index contributed by atoms with van der Waals surface area (Å²) in [7, 11) is 0. The molecule has 0 radical (unpaired) electrons. The van der Waals surface area contributed by atoms with Gasteiger partial charge in [-0.25, -0.2) is 4.79 Å². The molecule has 0 aliphatic carbocycles. The third-order valence-corrected chi connectivity index (χ3v) is 4.42. The van der Waals surface area contributed by atoms with E-state index in [2.05, 4.69) is 20.8 Å². The lowest BCUT2D eigenvalue weighted by atomic mass is 10.1. The number of amides is 2. The first-order chi connectivity index (χ1) is 10.5. The van der Waals surface area contributed by atoms with Crippen molar-refractivity contribution in [3.05, 3.63) is 34.5 Å². The SMILES string of the molecule is CCc1nncn1CCNC(=O)NCC(C)(O)c1cccs1. The first-order valence-corrected chi connectivity index (χ1v) is 8.05. The summed E-state index contributed by atoms with van der Waals surface area (Å²) in [5.74, 6) is 0.892. The van der Waals surface area contributed by atoms with Crippen molar-refractivity contribution in [2.24, 2.45) is 0 Å². The van der Waals surface area contributed by atoms with Crippen molar-refractivity contribution in [3.63, 3.8) is 0 Å². The second kappa shape index (κ2) is 7.37. The van der Waals surface area contributed by atoms with E-state index in [9.17, 15) is 9.90 Å². The Balaban J connectivity index is 1.72. The van der Waals surface area contributed by atoms with Gasteiger partial charge in [-0.1, -0.05) is 13.0 Å². The summed E-state index contributed by atoms with van der Waals surface area (Å²) in [6, 6.07) is 3.42. The zero-order chi connectivity index (χ0) is 16.0. The van der Waals surface area contributed by atoms with Gasteiger partial charge in [-0.05, 0) is 18.4 Å². The molecule has 0 aliphatic heterocycles. The molecule has 2 amide bonds. The van der Waals surface area contributed by atoms with E-state index in [4.69, 9.17) is 0 Å². The Morgan fingerprint density at radius 2 is 2.32 bits per heavy atom. The number of nitrogens with one attached hydrogen (secondary N) is 2. The highest BCUT2D eigenvalue weighted by Gasteiger charge is 2.24. The highest BCUT2D eigenvalue weighted by Crippen LogP contribution is 2.24. The molecule has 1 atom stereocenters. The first-order valence-electron chi connectivity index (χ1n) is 7.17. The smallest absolute Gasteiger partial charge is 0.314 e. The molecule has 8 heteroatoms. The van der Waals surface area contributed by atoms with Gasteiger partial charge >= 0.3 is 6.03 Å². The van der Waals surface area contributed by atoms with Crippen LogP contribution in [0.15, 0.2) is 23.8 Å². The molecule has 0 saturated carbocycles. The van der Waals surface area contributed by atoms with Crippen LogP contribution in [0.1, 0.15) is 24.5 Å². The molecule has 0 aromatic carbocycles. The summed E-state index contributed by atoms with van der Waals surface area (Å²) < 4.78 is 1.90. The van der Waals surface area contributed by atoms with E-state index >= 15 is 0 Å². The Bertz CT molecular complexity index is 594. The van der Waals surface area contributed by atoms with Gasteiger partial charge in [-0.3, -0.25) is 0 Å². The van der Waals surface area contributed by atoms with Crippen LogP contribution in [0.5, 0.6) is 0 Å². The molecule has 2 heterocycles. The average Bonchev–Trinajstić information content (AvgIpc) is 3.16. The number of nitrogens with zero attached hydrogens (tertiary/aromatic N) is 3. The summed E-state index contributed by atoms with van der Waals surface area (Å²) in [4.78, 5) is 12.6. The number of hydrogen-bond donors (Lipinski definition) is 3. The summed E-state index contributed by atoms with van der Waals surface area (Å²) in [5.41, 5.74) is -1.06. The van der Waals surface area contributed by atoms with Crippen molar-refractivity contribution < 1.29 is 9.90 Å². The second-order valence-electron chi connectivity index (χ2n) is 5.15. The minimum atomic E-state index is -1.06. The predicted molar refractivity (Wildman–Crippen MR) is 84.7 cm³/mol. The van der Waals surface area contributed by atoms with Crippen molar-refractivity contribution in [1.29, 1.82) is 0 Å². The maximum absolute atomic E-state index is 11.8. The Hall–Kier alpha value is -1.93. The summed E-state index contributed by atoms with van der Waals surface area (Å²) >= 11 is 1.46. The lowest BCUT2D eigenvalue weighted by Gasteiger charge is -2.22. The summed E-state index contributed by atoms with van der Waals surface area (Å²) in [6.07, 6.45) is 2.45. The fraction of sp³-hybridized carbons (Fsp3) is 0.500. The molecule has 0 bridgehead atoms. The van der Waals surface area contributed by atoms with E-state index in [1.165, 1.54) is 11.3 Å². The largest absolute Gasteiger partial charge is 0.383 e. The number of thiophene rings is 1. The molecule has 22 heavy (non-hydrogen) atoms. The molecule has 2 aromatic rings. The molecule has 1 unspecified atom stereocenters. The third kappa shape index (κ3) is 4.28. The summed E-state index contributed by atoms with van der Waals surface area (Å²) in [5, 5.41) is 25.5. The molecular weight excluding hydrogens is 302 g/mol. The van der Waals surface area contributed by atoms with Gasteiger partial charge in [-0.15, -0.1) is 21.5 Å². The van der Waals surface area contributed by atoms with Gasteiger partial charge < -0.3 is 20.3 Å². The lowest BCUT2D eigenvalue weighted by molar-refractivity contribution is 0.0631. The number of aromatic nitrogens is 3. The van der Waals surface area contributed by atoms with E-state index in [-0.39, 0.29) is 12.6 Å². The molecule has 0 saturated heterocycles. The number of urea groups is 1. The van der Waals surface area contributed by atoms with Gasteiger partial charge in [0.25, 0.3) is 0 Å². The third-order valence-electron chi connectivity index (χ3n) is 3.30. The predicted octanol–water partition coefficient (Wildman–Crippen LogP) is 1.11. The topological polar surface area (TPSA) is 92.1 Å². The van der Waals surface area contributed by atoms with Crippen molar-refractivity contribution in [1.82, 2.24) is 25.4 Å². The van der Waals surface area contributed by atoms with Crippen LogP contribution in [0.25, 0.3) is 0 Å². The zero-order valence-corrected chi connectivity index (χ0v) is 13.6. The van der Waals surface area contributed by atoms with Crippen LogP contribution in [0.2, 0.25) is 0 Å². The number of aryl methyl sites for hydroxylation is 1. The number of carbonyl (C=O) groups is 1. The van der Waals surface area contributed by atoms with Gasteiger partial charge in [-0.2, -0.15) is 0 Å². The standard InChI is InChI=1S/C14H21N5O2S/c1-3-12-18-17-10-19(12)7-6-15-13(20)16-9-14(2,21)11-5-4-8-22-11/h4-5,8,10,21H,3,6-7,9H2,1-2H3,(H2,15,16,20). The zero-order valence-electron chi connectivity index (χ0n) is 12.7. The Morgan fingerprint density at radius 3 is 3.00 bits per heavy atom. The van der Waals surface area contributed by atoms with Crippen LogP contribution >= 0.6 is 11.3 Å². The van der Waals surface area contributed by atoms with Crippen LogP contribution in [0.4, 0.5) is 4.79 Å². The van der Waals surface area contributed by atoms with E-state index < -0.39 is 5.60 Å². The molecule has 3 N–H and O–H groups in total. The number of hydrogen-bond acceptors (Lipinski definition) is 5. The average molecular weight is 323 g/mol. The molecule has 0 spiro atoms. The van der Waals surface area contributed by atoms with Gasteiger partial charge in [0.2, 0.25) is 0 Å². The van der Waals surface area contributed by atoms with Crippen molar-refractivity contribution >= 4 is 17.4 Å². The minimum Gasteiger partial charge on any atom is -0.383 e. The van der Waals surface area contributed by atoms with E-state index in [0.29, 0.717) is 13.1 Å². The van der Waals surface area contributed by atoms with Crippen LogP contribution in [-0.4, -0.2) is 39.0 Å². The van der Waals surface area contributed by atoms with Crippen LogP contribution in [0, 0.1) is 0 Å². The molecule has 0 fully saturated rings. The lowest BCUT2D eigenvalue weighted by Crippen LogP contribution is -2.43. The van der Waals surface area contributed by atoms with Crippen LogP contribution in [0.3, 0.4) is 0 Å². The van der Waals surface area contributed by atoms with Gasteiger partial charge in [0, 0.05) is 24.4 Å². The minimum absolute atomic E-state index is 0.159. The normalized spacial score (nSPS) is 13.6. The highest BCUT2D eigenvalue weighted by molar-refractivity contribution is 7.10. The molecule has 0 aliphatic rings. The maximum Gasteiger partial charge on any atom is 0.314 e. The molecular formula is C14H21N5O2S. The first kappa shape index (κ1) is 16.4. The molecule has 120 valence electrons. The Labute approximate surface area is 133 Å². The number of aliphatic hydroxyl groups is 1. The van der Waals surface area contributed by atoms with Crippen LogP contribution in [-0.2, 0) is 18.6 Å². The van der Waals surface area contributed by atoms with Crippen molar-refractivity contribution in [3.8, 4) is 0 Å². The van der Waals surface area contributed by atoms with Gasteiger partial charge in [0.15, 0.2) is 0 Å². The van der Waals surface area contributed by atoms with Crippen LogP contribution < -0.4 is 10.6 Å². The Kier molecular flexibility index (Phi) is 5.51. The van der Waals surface area contributed by atoms with Crippen molar-refractivity contribution in [2.45, 2.75) is 32.4 Å². The maximum atomic E-state index is 11.8.